The number of hydrogen-bond acceptors (Lipinski definition) is 4. The molecule has 21 heavy (non-hydrogen) atoms. The Morgan fingerprint density at radius 3 is 2.57 bits per heavy atom. The van der Waals surface area contributed by atoms with Gasteiger partial charge in [0.05, 0.1) is 18.9 Å². The molecule has 116 valence electrons. The Balaban J connectivity index is 2.44. The Hall–Kier alpha value is -0.320. The molecule has 1 aromatic carbocycles. The van der Waals surface area contributed by atoms with Crippen molar-refractivity contribution in [3.8, 4) is 0 Å². The molecule has 0 saturated heterocycles. The van der Waals surface area contributed by atoms with E-state index in [0.717, 1.165) is 18.7 Å². The van der Waals surface area contributed by atoms with Gasteiger partial charge in [-0.2, -0.15) is 0 Å². The predicted octanol–water partition coefficient (Wildman–Crippen LogP) is 4.50. The lowest BCUT2D eigenvalue weighted by Crippen LogP contribution is -2.28. The molecule has 0 amide bonds. The number of fused-ring (bicyclic) bond motifs is 1. The fraction of sp³-hybridized carbons (Fsp3) is 0.467. The highest BCUT2D eigenvalue weighted by Crippen LogP contribution is 2.57. The number of nitrogens with zero attached hydrogens (tertiary/aromatic N) is 1. The summed E-state index contributed by atoms with van der Waals surface area (Å²) in [6.45, 7) is 3.48. The quantitative estimate of drug-likeness (QED) is 0.707. The van der Waals surface area contributed by atoms with Crippen molar-refractivity contribution in [3.05, 3.63) is 40.8 Å². The molecule has 2 rings (SSSR count). The van der Waals surface area contributed by atoms with Crippen LogP contribution in [0.15, 0.2) is 29.7 Å². The molecule has 0 N–H and O–H groups in total. The van der Waals surface area contributed by atoms with Crippen molar-refractivity contribution >= 4 is 35.9 Å². The second-order valence-electron chi connectivity index (χ2n) is 4.57. The number of thioether (sulfide) groups is 1. The zero-order chi connectivity index (χ0) is 15.3. The molecule has 0 aromatic heterocycles. The molecule has 3 nitrogen and oxygen atoms in total. The molecule has 0 fully saturated rings. The van der Waals surface area contributed by atoms with Crippen molar-refractivity contribution in [2.45, 2.75) is 20.3 Å². The maximum Gasteiger partial charge on any atom is 0.290 e. The molecule has 0 bridgehead atoms. The van der Waals surface area contributed by atoms with E-state index >= 15 is 0 Å². The van der Waals surface area contributed by atoms with Gasteiger partial charge in [-0.1, -0.05) is 24.3 Å². The van der Waals surface area contributed by atoms with Crippen LogP contribution in [0.25, 0.3) is 5.70 Å². The van der Waals surface area contributed by atoms with Gasteiger partial charge in [0.15, 0.2) is 0 Å². The highest BCUT2D eigenvalue weighted by atomic mass is 32.5. The molecule has 0 aliphatic carbocycles. The molecule has 6 heteroatoms. The van der Waals surface area contributed by atoms with E-state index in [1.807, 2.05) is 13.8 Å². The van der Waals surface area contributed by atoms with E-state index in [0.29, 0.717) is 13.2 Å². The first-order valence-corrected chi connectivity index (χ1v) is 11.0. The zero-order valence-electron chi connectivity index (χ0n) is 12.7. The van der Waals surface area contributed by atoms with E-state index in [-0.39, 0.29) is 0 Å². The smallest absolute Gasteiger partial charge is 0.290 e. The summed E-state index contributed by atoms with van der Waals surface area (Å²) in [7, 11) is 0. The van der Waals surface area contributed by atoms with Gasteiger partial charge in [-0.25, -0.2) is 0 Å². The van der Waals surface area contributed by atoms with E-state index in [2.05, 4.69) is 40.6 Å². The lowest BCUT2D eigenvalue weighted by molar-refractivity contribution is 0.234. The van der Waals surface area contributed by atoms with E-state index in [4.69, 9.17) is 20.9 Å². The van der Waals surface area contributed by atoms with Gasteiger partial charge < -0.3 is 13.7 Å². The van der Waals surface area contributed by atoms with Crippen LogP contribution in [-0.4, -0.2) is 30.7 Å². The van der Waals surface area contributed by atoms with Crippen LogP contribution in [0.1, 0.15) is 25.0 Å². The average molecular weight is 343 g/mol. The summed E-state index contributed by atoms with van der Waals surface area (Å²) in [5, 5.41) is 2.15. The van der Waals surface area contributed by atoms with Gasteiger partial charge in [-0.3, -0.25) is 0 Å². The standard InChI is InChI=1S/C15H22NO2PS2/c1-4-17-19(20,18-5-2)16-11-10-13-8-6-7-9-14(13)15(16)12-21-3/h6-9,12H,4-5,10-11H2,1-3H3/b15-12+. The number of benzene rings is 1. The third-order valence-electron chi connectivity index (χ3n) is 3.27. The Morgan fingerprint density at radius 1 is 1.29 bits per heavy atom. The summed E-state index contributed by atoms with van der Waals surface area (Å²) in [6.07, 6.45) is 3.04. The first kappa shape index (κ1) is 17.0. The minimum Gasteiger partial charge on any atom is -0.314 e. The van der Waals surface area contributed by atoms with Crippen LogP contribution in [0.4, 0.5) is 0 Å². The summed E-state index contributed by atoms with van der Waals surface area (Å²) in [4.78, 5) is 0. The maximum atomic E-state index is 5.88. The monoisotopic (exact) mass is 343 g/mol. The lowest BCUT2D eigenvalue weighted by Gasteiger charge is -2.39. The summed E-state index contributed by atoms with van der Waals surface area (Å²) in [5.41, 5.74) is 3.74. The second kappa shape index (κ2) is 7.80. The third kappa shape index (κ3) is 3.72. The highest BCUT2D eigenvalue weighted by molar-refractivity contribution is 8.09. The van der Waals surface area contributed by atoms with Crippen molar-refractivity contribution in [2.24, 2.45) is 0 Å². The first-order chi connectivity index (χ1) is 10.2. The van der Waals surface area contributed by atoms with E-state index in [1.165, 1.54) is 11.1 Å². The molecule has 1 aliphatic heterocycles. The molecular weight excluding hydrogens is 321 g/mol. The van der Waals surface area contributed by atoms with Gasteiger partial charge in [0, 0.05) is 12.1 Å². The van der Waals surface area contributed by atoms with Crippen LogP contribution in [-0.2, 0) is 27.3 Å². The minimum atomic E-state index is -2.45. The molecule has 1 heterocycles. The van der Waals surface area contributed by atoms with Crippen LogP contribution >= 0.6 is 18.4 Å². The van der Waals surface area contributed by atoms with E-state index in [1.54, 1.807) is 11.8 Å². The van der Waals surface area contributed by atoms with E-state index < -0.39 is 6.64 Å². The lowest BCUT2D eigenvalue weighted by atomic mass is 9.99. The Labute approximate surface area is 136 Å². The molecule has 0 unspecified atom stereocenters. The minimum absolute atomic E-state index is 0.571. The van der Waals surface area contributed by atoms with E-state index in [9.17, 15) is 0 Å². The van der Waals surface area contributed by atoms with Gasteiger partial charge in [-0.05, 0) is 49.3 Å². The van der Waals surface area contributed by atoms with Crippen LogP contribution in [0.3, 0.4) is 0 Å². The first-order valence-electron chi connectivity index (χ1n) is 7.14. The number of hydrogen-bond donors (Lipinski definition) is 0. The SMILES string of the molecule is CCOP(=S)(OCC)N1CCc2ccccc2/C1=C\SC. The molecule has 1 aromatic rings. The topological polar surface area (TPSA) is 21.7 Å². The van der Waals surface area contributed by atoms with Crippen LogP contribution < -0.4 is 0 Å². The van der Waals surface area contributed by atoms with Crippen LogP contribution in [0.5, 0.6) is 0 Å². The van der Waals surface area contributed by atoms with Gasteiger partial charge in [0.1, 0.15) is 0 Å². The van der Waals surface area contributed by atoms with Crippen molar-refractivity contribution in [3.63, 3.8) is 0 Å². The molecule has 0 saturated carbocycles. The molecular formula is C15H22NO2PS2. The Bertz CT molecular complexity index is 552. The number of rotatable bonds is 6. The molecule has 0 radical (unpaired) electrons. The van der Waals surface area contributed by atoms with Crippen LogP contribution in [0, 0.1) is 0 Å². The van der Waals surface area contributed by atoms with Crippen molar-refractivity contribution in [1.29, 1.82) is 0 Å². The maximum absolute atomic E-state index is 5.88. The summed E-state index contributed by atoms with van der Waals surface area (Å²) in [5.74, 6) is 0. The van der Waals surface area contributed by atoms with Gasteiger partial charge >= 0.3 is 0 Å². The third-order valence-corrected chi connectivity index (χ3v) is 7.13. The zero-order valence-corrected chi connectivity index (χ0v) is 15.3. The Morgan fingerprint density at radius 2 is 1.95 bits per heavy atom. The molecule has 1 aliphatic rings. The molecule has 0 atom stereocenters. The summed E-state index contributed by atoms with van der Waals surface area (Å²) < 4.78 is 13.9. The fourth-order valence-corrected chi connectivity index (χ4v) is 5.94. The summed E-state index contributed by atoms with van der Waals surface area (Å²) >= 11 is 7.47. The fourth-order valence-electron chi connectivity index (χ4n) is 2.47. The normalized spacial score (nSPS) is 17.1. The molecule has 0 spiro atoms. The highest BCUT2D eigenvalue weighted by Gasteiger charge is 2.33. The summed E-state index contributed by atoms with van der Waals surface area (Å²) in [6, 6.07) is 8.50. The van der Waals surface area contributed by atoms with Gasteiger partial charge in [0.25, 0.3) is 6.64 Å². The van der Waals surface area contributed by atoms with Crippen LogP contribution in [0.2, 0.25) is 0 Å². The van der Waals surface area contributed by atoms with Gasteiger partial charge in [0.2, 0.25) is 0 Å². The van der Waals surface area contributed by atoms with Crippen molar-refractivity contribution < 1.29 is 9.05 Å². The average Bonchev–Trinajstić information content (AvgIpc) is 2.48. The van der Waals surface area contributed by atoms with Crippen molar-refractivity contribution in [1.82, 2.24) is 4.67 Å². The van der Waals surface area contributed by atoms with Crippen molar-refractivity contribution in [2.75, 3.05) is 26.0 Å². The Kier molecular flexibility index (Phi) is 6.33. The van der Waals surface area contributed by atoms with Gasteiger partial charge in [-0.15, -0.1) is 11.8 Å². The second-order valence-corrected chi connectivity index (χ2v) is 8.60. The largest absolute Gasteiger partial charge is 0.314 e. The predicted molar refractivity (Wildman–Crippen MR) is 95.9 cm³/mol.